The summed E-state index contributed by atoms with van der Waals surface area (Å²) in [6.07, 6.45) is 5.22. The highest BCUT2D eigenvalue weighted by molar-refractivity contribution is 5.40. The number of aliphatic hydroxyl groups is 1. The summed E-state index contributed by atoms with van der Waals surface area (Å²) in [4.78, 5) is 4.15. The third-order valence-corrected chi connectivity index (χ3v) is 3.93. The number of hydrogen-bond acceptors (Lipinski definition) is 3. The number of pyridine rings is 1. The third-order valence-electron chi connectivity index (χ3n) is 3.93. The van der Waals surface area contributed by atoms with Gasteiger partial charge in [0, 0.05) is 11.8 Å². The molecule has 2 aliphatic rings. The van der Waals surface area contributed by atoms with Gasteiger partial charge in [-0.05, 0) is 36.8 Å². The van der Waals surface area contributed by atoms with Crippen LogP contribution in [0, 0.1) is 11.8 Å². The first-order chi connectivity index (χ1) is 7.28. The molecule has 0 amide bonds. The Morgan fingerprint density at radius 3 is 2.87 bits per heavy atom. The summed E-state index contributed by atoms with van der Waals surface area (Å²) in [7, 11) is 1.60. The highest BCUT2D eigenvalue weighted by atomic mass is 16.5. The first-order valence-corrected chi connectivity index (χ1v) is 5.50. The van der Waals surface area contributed by atoms with Crippen LogP contribution in [0.5, 0.6) is 5.88 Å². The van der Waals surface area contributed by atoms with Gasteiger partial charge in [0.1, 0.15) is 5.60 Å². The maximum atomic E-state index is 10.6. The maximum absolute atomic E-state index is 10.6. The highest BCUT2D eigenvalue weighted by Gasteiger charge is 2.67. The first-order valence-electron chi connectivity index (χ1n) is 5.50. The normalized spacial score (nSPS) is 37.5. The van der Waals surface area contributed by atoms with Crippen LogP contribution in [0.2, 0.25) is 0 Å². The molecule has 2 unspecified atom stereocenters. The zero-order valence-corrected chi connectivity index (χ0v) is 8.81. The van der Waals surface area contributed by atoms with Gasteiger partial charge in [-0.1, -0.05) is 6.42 Å². The molecule has 2 atom stereocenters. The predicted molar refractivity (Wildman–Crippen MR) is 55.5 cm³/mol. The van der Waals surface area contributed by atoms with E-state index in [1.807, 2.05) is 12.1 Å². The fraction of sp³-hybridized carbons (Fsp3) is 0.583. The molecule has 0 bridgehead atoms. The second-order valence-corrected chi connectivity index (χ2v) is 4.53. The van der Waals surface area contributed by atoms with Gasteiger partial charge in [-0.25, -0.2) is 4.98 Å². The molecule has 1 aromatic rings. The van der Waals surface area contributed by atoms with Crippen molar-refractivity contribution in [1.82, 2.24) is 4.98 Å². The van der Waals surface area contributed by atoms with Crippen molar-refractivity contribution in [2.75, 3.05) is 7.11 Å². The Hall–Kier alpha value is -1.09. The molecule has 80 valence electrons. The van der Waals surface area contributed by atoms with Crippen molar-refractivity contribution >= 4 is 0 Å². The number of ether oxygens (including phenoxy) is 1. The smallest absolute Gasteiger partial charge is 0.219 e. The van der Waals surface area contributed by atoms with Crippen LogP contribution in [-0.4, -0.2) is 17.2 Å². The molecule has 0 aliphatic heterocycles. The lowest BCUT2D eigenvalue weighted by atomic mass is 10.0. The Morgan fingerprint density at radius 1 is 1.47 bits per heavy atom. The van der Waals surface area contributed by atoms with Crippen LogP contribution in [-0.2, 0) is 5.60 Å². The molecule has 3 heteroatoms. The molecule has 2 aliphatic carbocycles. The average molecular weight is 205 g/mol. The topological polar surface area (TPSA) is 42.4 Å². The van der Waals surface area contributed by atoms with E-state index in [1.54, 1.807) is 13.3 Å². The van der Waals surface area contributed by atoms with Crippen molar-refractivity contribution in [1.29, 1.82) is 0 Å². The molecule has 0 radical (unpaired) electrons. The van der Waals surface area contributed by atoms with Gasteiger partial charge >= 0.3 is 0 Å². The SMILES string of the molecule is COc1ncccc1C1(O)C2CCCC21. The van der Waals surface area contributed by atoms with E-state index in [9.17, 15) is 5.11 Å². The van der Waals surface area contributed by atoms with Gasteiger partial charge in [0.25, 0.3) is 0 Å². The van der Waals surface area contributed by atoms with Crippen molar-refractivity contribution in [3.63, 3.8) is 0 Å². The van der Waals surface area contributed by atoms with Crippen LogP contribution in [0.3, 0.4) is 0 Å². The van der Waals surface area contributed by atoms with Crippen LogP contribution in [0.1, 0.15) is 24.8 Å². The van der Waals surface area contributed by atoms with Crippen LogP contribution in [0.4, 0.5) is 0 Å². The van der Waals surface area contributed by atoms with Gasteiger partial charge in [0.15, 0.2) is 0 Å². The fourth-order valence-electron chi connectivity index (χ4n) is 3.18. The summed E-state index contributed by atoms with van der Waals surface area (Å²) in [6, 6.07) is 3.80. The Labute approximate surface area is 89.1 Å². The molecule has 0 spiro atoms. The van der Waals surface area contributed by atoms with Crippen molar-refractivity contribution in [2.45, 2.75) is 24.9 Å². The second kappa shape index (κ2) is 2.95. The second-order valence-electron chi connectivity index (χ2n) is 4.53. The van der Waals surface area contributed by atoms with Crippen molar-refractivity contribution in [3.05, 3.63) is 23.9 Å². The van der Waals surface area contributed by atoms with Crippen molar-refractivity contribution < 1.29 is 9.84 Å². The van der Waals surface area contributed by atoms with Crippen LogP contribution in [0.15, 0.2) is 18.3 Å². The summed E-state index contributed by atoms with van der Waals surface area (Å²) < 4.78 is 5.21. The summed E-state index contributed by atoms with van der Waals surface area (Å²) in [5.74, 6) is 1.46. The van der Waals surface area contributed by atoms with Crippen molar-refractivity contribution in [2.24, 2.45) is 11.8 Å². The Kier molecular flexibility index (Phi) is 1.80. The summed E-state index contributed by atoms with van der Waals surface area (Å²) in [6.45, 7) is 0. The zero-order chi connectivity index (χ0) is 10.5. The van der Waals surface area contributed by atoms with Gasteiger partial charge in [-0.15, -0.1) is 0 Å². The van der Waals surface area contributed by atoms with Gasteiger partial charge < -0.3 is 9.84 Å². The quantitative estimate of drug-likeness (QED) is 0.799. The monoisotopic (exact) mass is 205 g/mol. The summed E-state index contributed by atoms with van der Waals surface area (Å²) >= 11 is 0. The van der Waals surface area contributed by atoms with Gasteiger partial charge in [-0.2, -0.15) is 0 Å². The lowest BCUT2D eigenvalue weighted by Crippen LogP contribution is -2.15. The lowest BCUT2D eigenvalue weighted by Gasteiger charge is -2.16. The van der Waals surface area contributed by atoms with E-state index in [2.05, 4.69) is 4.98 Å². The molecule has 3 rings (SSSR count). The molecule has 3 nitrogen and oxygen atoms in total. The van der Waals surface area contributed by atoms with Crippen LogP contribution < -0.4 is 4.74 Å². The Morgan fingerprint density at radius 2 is 2.20 bits per heavy atom. The number of fused-ring (bicyclic) bond motifs is 1. The molecule has 2 saturated carbocycles. The van der Waals surface area contributed by atoms with Crippen LogP contribution in [0.25, 0.3) is 0 Å². The molecule has 1 aromatic heterocycles. The van der Waals surface area contributed by atoms with E-state index in [0.29, 0.717) is 17.7 Å². The Bertz CT molecular complexity index is 381. The third kappa shape index (κ3) is 1.07. The molecule has 0 aromatic carbocycles. The number of rotatable bonds is 2. The van der Waals surface area contributed by atoms with E-state index in [-0.39, 0.29) is 0 Å². The van der Waals surface area contributed by atoms with Crippen molar-refractivity contribution in [3.8, 4) is 5.88 Å². The standard InChI is InChI=1S/C12H15NO2/c1-15-11-10(6-3-7-13-11)12(14)8-4-2-5-9(8)12/h3,6-9,14H,2,4-5H2,1H3. The molecule has 1 heterocycles. The number of nitrogens with zero attached hydrogens (tertiary/aromatic N) is 1. The number of methoxy groups -OCH3 is 1. The van der Waals surface area contributed by atoms with E-state index in [4.69, 9.17) is 4.74 Å². The van der Waals surface area contributed by atoms with Gasteiger partial charge in [0.05, 0.1) is 7.11 Å². The van der Waals surface area contributed by atoms with Gasteiger partial charge in [-0.3, -0.25) is 0 Å². The van der Waals surface area contributed by atoms with E-state index in [1.165, 1.54) is 6.42 Å². The fourth-order valence-corrected chi connectivity index (χ4v) is 3.18. The minimum atomic E-state index is -0.641. The lowest BCUT2D eigenvalue weighted by molar-refractivity contribution is 0.101. The predicted octanol–water partition coefficient (Wildman–Crippen LogP) is 1.71. The van der Waals surface area contributed by atoms with E-state index < -0.39 is 5.60 Å². The zero-order valence-electron chi connectivity index (χ0n) is 8.81. The van der Waals surface area contributed by atoms with E-state index in [0.717, 1.165) is 18.4 Å². The molecule has 1 N–H and O–H groups in total. The molecule has 15 heavy (non-hydrogen) atoms. The maximum Gasteiger partial charge on any atom is 0.219 e. The summed E-state index contributed by atoms with van der Waals surface area (Å²) in [5, 5.41) is 10.6. The average Bonchev–Trinajstić information content (AvgIpc) is 2.71. The largest absolute Gasteiger partial charge is 0.481 e. The molecule has 0 saturated heterocycles. The van der Waals surface area contributed by atoms with E-state index >= 15 is 0 Å². The summed E-state index contributed by atoms with van der Waals surface area (Å²) in [5.41, 5.74) is 0.236. The number of hydrogen-bond donors (Lipinski definition) is 1. The minimum Gasteiger partial charge on any atom is -0.481 e. The van der Waals surface area contributed by atoms with Gasteiger partial charge in [0.2, 0.25) is 5.88 Å². The highest BCUT2D eigenvalue weighted by Crippen LogP contribution is 2.67. The first kappa shape index (κ1) is 9.16. The Balaban J connectivity index is 2.00. The van der Waals surface area contributed by atoms with Crippen LogP contribution >= 0.6 is 0 Å². The minimum absolute atomic E-state index is 0.440. The molecule has 2 fully saturated rings. The molecular weight excluding hydrogens is 190 g/mol. The number of aromatic nitrogens is 1. The molecular formula is C12H15NO2.